The van der Waals surface area contributed by atoms with E-state index in [1.807, 2.05) is 0 Å². The molecule has 122 valence electrons. The molecule has 7 nitrogen and oxygen atoms in total. The molecule has 0 fully saturated rings. The second kappa shape index (κ2) is 6.45. The lowest BCUT2D eigenvalue weighted by molar-refractivity contribution is -0.121. The molecule has 3 rings (SSSR count). The smallest absolute Gasteiger partial charge is 0.248 e. The van der Waals surface area contributed by atoms with E-state index in [9.17, 15) is 4.79 Å². The first-order valence-corrected chi connectivity index (χ1v) is 7.58. The van der Waals surface area contributed by atoms with Crippen molar-refractivity contribution < 1.29 is 18.8 Å². The zero-order valence-electron chi connectivity index (χ0n) is 12.8. The van der Waals surface area contributed by atoms with Gasteiger partial charge in [0.2, 0.25) is 11.8 Å². The van der Waals surface area contributed by atoms with E-state index in [2.05, 4.69) is 15.5 Å². The van der Waals surface area contributed by atoms with Crippen LogP contribution in [0.4, 0.5) is 0 Å². The zero-order valence-corrected chi connectivity index (χ0v) is 13.5. The molecule has 1 aliphatic heterocycles. The van der Waals surface area contributed by atoms with Crippen LogP contribution in [0.15, 0.2) is 16.7 Å². The highest BCUT2D eigenvalue weighted by Gasteiger charge is 2.19. The summed E-state index contributed by atoms with van der Waals surface area (Å²) in [6, 6.07) is 3.11. The van der Waals surface area contributed by atoms with E-state index in [0.717, 1.165) is 5.56 Å². The van der Waals surface area contributed by atoms with Crippen LogP contribution in [0.2, 0.25) is 5.02 Å². The highest BCUT2D eigenvalue weighted by molar-refractivity contribution is 6.32. The molecule has 2 aromatic rings. The molecule has 1 aliphatic rings. The molecule has 0 spiro atoms. The van der Waals surface area contributed by atoms with Crippen molar-refractivity contribution in [3.8, 4) is 11.5 Å². The van der Waals surface area contributed by atoms with Crippen LogP contribution < -0.4 is 14.8 Å². The summed E-state index contributed by atoms with van der Waals surface area (Å²) in [4.78, 5) is 16.3. The molecule has 23 heavy (non-hydrogen) atoms. The average Bonchev–Trinajstić information content (AvgIpc) is 2.94. The number of fused-ring (bicyclic) bond motifs is 1. The fraction of sp³-hybridized carbons (Fsp3) is 0.400. The van der Waals surface area contributed by atoms with Gasteiger partial charge in [0, 0.05) is 0 Å². The maximum absolute atomic E-state index is 12.2. The van der Waals surface area contributed by atoms with E-state index in [4.69, 9.17) is 25.6 Å². The molecule has 1 amide bonds. The molecular formula is C15H16ClN3O4. The number of ether oxygens (including phenoxy) is 2. The van der Waals surface area contributed by atoms with E-state index in [1.54, 1.807) is 26.0 Å². The van der Waals surface area contributed by atoms with Crippen molar-refractivity contribution in [1.82, 2.24) is 15.5 Å². The number of hydrogen-bond donors (Lipinski definition) is 1. The third-order valence-corrected chi connectivity index (χ3v) is 3.59. The molecule has 8 heteroatoms. The number of hydrogen-bond acceptors (Lipinski definition) is 6. The van der Waals surface area contributed by atoms with Gasteiger partial charge in [0.15, 0.2) is 17.3 Å². The number of rotatable bonds is 4. The fourth-order valence-electron chi connectivity index (χ4n) is 2.29. The summed E-state index contributed by atoms with van der Waals surface area (Å²) < 4.78 is 16.0. The molecule has 1 aromatic carbocycles. The molecular weight excluding hydrogens is 322 g/mol. The Morgan fingerprint density at radius 3 is 2.91 bits per heavy atom. The summed E-state index contributed by atoms with van der Waals surface area (Å²) in [5.41, 5.74) is 0.741. The molecule has 0 aliphatic carbocycles. The number of amides is 1. The number of aromatic nitrogens is 2. The Balaban J connectivity index is 1.67. The third kappa shape index (κ3) is 3.56. The van der Waals surface area contributed by atoms with Crippen LogP contribution >= 0.6 is 11.6 Å². The van der Waals surface area contributed by atoms with E-state index in [1.165, 1.54) is 0 Å². The van der Waals surface area contributed by atoms with E-state index < -0.39 is 0 Å². The van der Waals surface area contributed by atoms with Crippen LogP contribution in [0, 0.1) is 6.92 Å². The summed E-state index contributed by atoms with van der Waals surface area (Å²) in [6.07, 6.45) is 0.161. The molecule has 1 atom stereocenters. The minimum absolute atomic E-state index is 0.161. The van der Waals surface area contributed by atoms with Gasteiger partial charge in [-0.2, -0.15) is 4.98 Å². The first-order valence-electron chi connectivity index (χ1n) is 7.20. The van der Waals surface area contributed by atoms with Gasteiger partial charge in [0.05, 0.1) is 11.4 Å². The lowest BCUT2D eigenvalue weighted by Gasteiger charge is -2.20. The van der Waals surface area contributed by atoms with Crippen molar-refractivity contribution in [3.05, 3.63) is 34.4 Å². The number of nitrogens with one attached hydrogen (secondary N) is 1. The van der Waals surface area contributed by atoms with E-state index >= 15 is 0 Å². The second-order valence-corrected chi connectivity index (χ2v) is 5.65. The normalized spacial score (nSPS) is 14.4. The Bertz CT molecular complexity index is 732. The SMILES string of the molecule is Cc1noc([C@H](C)NC(=O)Cc2cc(Cl)c3c(c2)OCCO3)n1. The minimum atomic E-state index is -0.364. The molecule has 1 N–H and O–H groups in total. The van der Waals surface area contributed by atoms with Gasteiger partial charge in [-0.25, -0.2) is 0 Å². The van der Waals surface area contributed by atoms with Crippen molar-refractivity contribution in [2.24, 2.45) is 0 Å². The Morgan fingerprint density at radius 2 is 2.17 bits per heavy atom. The summed E-state index contributed by atoms with van der Waals surface area (Å²) in [5.74, 6) is 1.81. The molecule has 0 saturated heterocycles. The largest absolute Gasteiger partial charge is 0.486 e. The minimum Gasteiger partial charge on any atom is -0.486 e. The molecule has 0 saturated carbocycles. The first-order chi connectivity index (χ1) is 11.0. The van der Waals surface area contributed by atoms with Crippen molar-refractivity contribution in [1.29, 1.82) is 0 Å². The van der Waals surface area contributed by atoms with Crippen molar-refractivity contribution in [2.45, 2.75) is 26.3 Å². The quantitative estimate of drug-likeness (QED) is 0.920. The number of carbonyl (C=O) groups is 1. The van der Waals surface area contributed by atoms with E-state index in [-0.39, 0.29) is 18.4 Å². The Morgan fingerprint density at radius 1 is 1.39 bits per heavy atom. The second-order valence-electron chi connectivity index (χ2n) is 5.25. The summed E-state index contributed by atoms with van der Waals surface area (Å²) in [5, 5.41) is 6.95. The van der Waals surface area contributed by atoms with Crippen LogP contribution in [-0.4, -0.2) is 29.3 Å². The number of halogens is 1. The van der Waals surface area contributed by atoms with E-state index in [0.29, 0.717) is 41.5 Å². The van der Waals surface area contributed by atoms with Gasteiger partial charge in [-0.05, 0) is 31.5 Å². The maximum atomic E-state index is 12.2. The average molecular weight is 338 g/mol. The number of benzene rings is 1. The van der Waals surface area contributed by atoms with Gasteiger partial charge in [-0.1, -0.05) is 16.8 Å². The number of carbonyl (C=O) groups excluding carboxylic acids is 1. The van der Waals surface area contributed by atoms with Crippen molar-refractivity contribution >= 4 is 17.5 Å². The molecule has 0 radical (unpaired) electrons. The Labute approximate surface area is 137 Å². The van der Waals surface area contributed by atoms with Gasteiger partial charge in [-0.15, -0.1) is 0 Å². The summed E-state index contributed by atoms with van der Waals surface area (Å²) >= 11 is 6.17. The molecule has 1 aromatic heterocycles. The third-order valence-electron chi connectivity index (χ3n) is 3.31. The highest BCUT2D eigenvalue weighted by atomic mass is 35.5. The standard InChI is InChI=1S/C15H16ClN3O4/c1-8(15-18-9(2)19-23-15)17-13(20)7-10-5-11(16)14-12(6-10)21-3-4-22-14/h5-6,8H,3-4,7H2,1-2H3,(H,17,20)/t8-/m0/s1. The van der Waals surface area contributed by atoms with Gasteiger partial charge in [-0.3, -0.25) is 4.79 Å². The highest BCUT2D eigenvalue weighted by Crippen LogP contribution is 2.38. The van der Waals surface area contributed by atoms with Crippen LogP contribution in [0.25, 0.3) is 0 Å². The van der Waals surface area contributed by atoms with Gasteiger partial charge in [0.25, 0.3) is 0 Å². The lowest BCUT2D eigenvalue weighted by atomic mass is 10.1. The summed E-state index contributed by atoms with van der Waals surface area (Å²) in [6.45, 7) is 4.43. The Hall–Kier alpha value is -2.28. The monoisotopic (exact) mass is 337 g/mol. The van der Waals surface area contributed by atoms with Crippen molar-refractivity contribution in [3.63, 3.8) is 0 Å². The lowest BCUT2D eigenvalue weighted by Crippen LogP contribution is -2.28. The molecule has 2 heterocycles. The topological polar surface area (TPSA) is 86.5 Å². The van der Waals surface area contributed by atoms with Crippen LogP contribution in [0.3, 0.4) is 0 Å². The zero-order chi connectivity index (χ0) is 16.4. The molecule has 0 unspecified atom stereocenters. The predicted octanol–water partition coefficient (Wildman–Crippen LogP) is 2.22. The maximum Gasteiger partial charge on any atom is 0.248 e. The molecule has 0 bridgehead atoms. The van der Waals surface area contributed by atoms with Crippen LogP contribution in [0.5, 0.6) is 11.5 Å². The summed E-state index contributed by atoms with van der Waals surface area (Å²) in [7, 11) is 0. The fourth-order valence-corrected chi connectivity index (χ4v) is 2.58. The van der Waals surface area contributed by atoms with Crippen LogP contribution in [-0.2, 0) is 11.2 Å². The van der Waals surface area contributed by atoms with Gasteiger partial charge in [0.1, 0.15) is 19.3 Å². The van der Waals surface area contributed by atoms with Crippen LogP contribution in [0.1, 0.15) is 30.2 Å². The number of aryl methyl sites for hydroxylation is 1. The van der Waals surface area contributed by atoms with Crippen molar-refractivity contribution in [2.75, 3.05) is 13.2 Å². The van der Waals surface area contributed by atoms with Gasteiger partial charge >= 0.3 is 0 Å². The first kappa shape index (κ1) is 15.6. The van der Waals surface area contributed by atoms with Gasteiger partial charge < -0.3 is 19.3 Å². The predicted molar refractivity (Wildman–Crippen MR) is 81.7 cm³/mol. The number of nitrogens with zero attached hydrogens (tertiary/aromatic N) is 2. The Kier molecular flexibility index (Phi) is 4.38.